The van der Waals surface area contributed by atoms with Gasteiger partial charge in [0.2, 0.25) is 5.91 Å². The average molecular weight is 233 g/mol. The lowest BCUT2D eigenvalue weighted by Gasteiger charge is -2.36. The summed E-state index contributed by atoms with van der Waals surface area (Å²) in [6.07, 6.45) is 0. The monoisotopic (exact) mass is 233 g/mol. The molecule has 2 atom stereocenters. The standard InChI is InChI=1S/C12H15N3O2/c1-7-2-4-8(5-3-7)11(16)15-10-9(6-13)14-12(10)17/h2-5,9-10H,6,13H2,1H3,(H,14,17)(H,15,16)/t9-,10+/m1/s1. The first-order chi connectivity index (χ1) is 8.11. The maximum atomic E-state index is 11.8. The topological polar surface area (TPSA) is 84.2 Å². The second kappa shape index (κ2) is 4.55. The van der Waals surface area contributed by atoms with E-state index in [2.05, 4.69) is 10.6 Å². The zero-order chi connectivity index (χ0) is 12.4. The second-order valence-electron chi connectivity index (χ2n) is 4.17. The summed E-state index contributed by atoms with van der Waals surface area (Å²) in [4.78, 5) is 23.1. The predicted molar refractivity (Wildman–Crippen MR) is 63.4 cm³/mol. The van der Waals surface area contributed by atoms with Gasteiger partial charge in [-0.15, -0.1) is 0 Å². The maximum absolute atomic E-state index is 11.8. The van der Waals surface area contributed by atoms with Crippen molar-refractivity contribution in [3.8, 4) is 0 Å². The lowest BCUT2D eigenvalue weighted by atomic mass is 9.98. The molecule has 0 aromatic heterocycles. The largest absolute Gasteiger partial charge is 0.348 e. The van der Waals surface area contributed by atoms with Crippen molar-refractivity contribution in [2.75, 3.05) is 6.54 Å². The number of amides is 2. The van der Waals surface area contributed by atoms with Gasteiger partial charge in [-0.25, -0.2) is 0 Å². The Morgan fingerprint density at radius 3 is 2.59 bits per heavy atom. The van der Waals surface area contributed by atoms with Gasteiger partial charge >= 0.3 is 0 Å². The van der Waals surface area contributed by atoms with Gasteiger partial charge < -0.3 is 16.4 Å². The van der Waals surface area contributed by atoms with Gasteiger partial charge in [-0.05, 0) is 19.1 Å². The summed E-state index contributed by atoms with van der Waals surface area (Å²) < 4.78 is 0. The molecule has 1 saturated heterocycles. The van der Waals surface area contributed by atoms with E-state index in [1.165, 1.54) is 0 Å². The highest BCUT2D eigenvalue weighted by Gasteiger charge is 2.39. The molecule has 17 heavy (non-hydrogen) atoms. The highest BCUT2D eigenvalue weighted by Crippen LogP contribution is 2.08. The molecule has 90 valence electrons. The van der Waals surface area contributed by atoms with Gasteiger partial charge in [0, 0.05) is 12.1 Å². The Kier molecular flexibility index (Phi) is 3.10. The molecular formula is C12H15N3O2. The van der Waals surface area contributed by atoms with Crippen molar-refractivity contribution in [3.63, 3.8) is 0 Å². The van der Waals surface area contributed by atoms with Crippen LogP contribution in [0.2, 0.25) is 0 Å². The summed E-state index contributed by atoms with van der Waals surface area (Å²) in [7, 11) is 0. The van der Waals surface area contributed by atoms with E-state index in [9.17, 15) is 9.59 Å². The zero-order valence-corrected chi connectivity index (χ0v) is 9.57. The van der Waals surface area contributed by atoms with E-state index in [0.717, 1.165) is 5.56 Å². The van der Waals surface area contributed by atoms with Crippen molar-refractivity contribution in [3.05, 3.63) is 35.4 Å². The van der Waals surface area contributed by atoms with E-state index in [0.29, 0.717) is 12.1 Å². The summed E-state index contributed by atoms with van der Waals surface area (Å²) in [5.41, 5.74) is 7.09. The summed E-state index contributed by atoms with van der Waals surface area (Å²) in [5, 5.41) is 5.30. The van der Waals surface area contributed by atoms with Crippen LogP contribution in [0.25, 0.3) is 0 Å². The summed E-state index contributed by atoms with van der Waals surface area (Å²) in [6, 6.07) is 6.52. The minimum Gasteiger partial charge on any atom is -0.348 e. The molecule has 0 aliphatic carbocycles. The third kappa shape index (κ3) is 2.29. The molecule has 4 N–H and O–H groups in total. The maximum Gasteiger partial charge on any atom is 0.251 e. The van der Waals surface area contributed by atoms with Gasteiger partial charge in [-0.1, -0.05) is 17.7 Å². The molecule has 5 heteroatoms. The number of rotatable bonds is 3. The first kappa shape index (κ1) is 11.6. The van der Waals surface area contributed by atoms with Crippen LogP contribution in [-0.4, -0.2) is 30.4 Å². The summed E-state index contributed by atoms with van der Waals surface area (Å²) in [6.45, 7) is 2.27. The van der Waals surface area contributed by atoms with Crippen LogP contribution in [0.5, 0.6) is 0 Å². The van der Waals surface area contributed by atoms with Crippen molar-refractivity contribution >= 4 is 11.8 Å². The molecule has 0 spiro atoms. The SMILES string of the molecule is Cc1ccc(C(=O)N[C@@H]2C(=O)N[C@@H]2CN)cc1. The number of aryl methyl sites for hydroxylation is 1. The van der Waals surface area contributed by atoms with E-state index >= 15 is 0 Å². The van der Waals surface area contributed by atoms with Crippen LogP contribution >= 0.6 is 0 Å². The molecular weight excluding hydrogens is 218 g/mol. The molecule has 2 amide bonds. The molecule has 1 fully saturated rings. The fraction of sp³-hybridized carbons (Fsp3) is 0.333. The molecule has 0 bridgehead atoms. The van der Waals surface area contributed by atoms with E-state index in [-0.39, 0.29) is 17.9 Å². The fourth-order valence-electron chi connectivity index (χ4n) is 1.73. The third-order valence-corrected chi connectivity index (χ3v) is 2.87. The highest BCUT2D eigenvalue weighted by atomic mass is 16.2. The van der Waals surface area contributed by atoms with Crippen LogP contribution < -0.4 is 16.4 Å². The summed E-state index contributed by atoms with van der Waals surface area (Å²) >= 11 is 0. The zero-order valence-electron chi connectivity index (χ0n) is 9.57. The number of hydrogen-bond donors (Lipinski definition) is 3. The quantitative estimate of drug-likeness (QED) is 0.618. The average Bonchev–Trinajstić information content (AvgIpc) is 2.33. The highest BCUT2D eigenvalue weighted by molar-refractivity contribution is 5.99. The Hall–Kier alpha value is -1.88. The van der Waals surface area contributed by atoms with Crippen molar-refractivity contribution < 1.29 is 9.59 Å². The number of hydrogen-bond acceptors (Lipinski definition) is 3. The van der Waals surface area contributed by atoms with E-state index in [4.69, 9.17) is 5.73 Å². The molecule has 0 saturated carbocycles. The molecule has 0 unspecified atom stereocenters. The lowest BCUT2D eigenvalue weighted by molar-refractivity contribution is -0.131. The number of nitrogens with two attached hydrogens (primary N) is 1. The minimum absolute atomic E-state index is 0.156. The van der Waals surface area contributed by atoms with Crippen molar-refractivity contribution in [2.24, 2.45) is 5.73 Å². The van der Waals surface area contributed by atoms with Crippen molar-refractivity contribution in [2.45, 2.75) is 19.0 Å². The van der Waals surface area contributed by atoms with Gasteiger partial charge in [0.05, 0.1) is 6.04 Å². The van der Waals surface area contributed by atoms with Gasteiger partial charge in [-0.2, -0.15) is 0 Å². The number of nitrogens with one attached hydrogen (secondary N) is 2. The molecule has 5 nitrogen and oxygen atoms in total. The minimum atomic E-state index is -0.506. The lowest BCUT2D eigenvalue weighted by Crippen LogP contribution is -2.71. The molecule has 1 aromatic carbocycles. The van der Waals surface area contributed by atoms with Gasteiger partial charge in [0.15, 0.2) is 0 Å². The fourth-order valence-corrected chi connectivity index (χ4v) is 1.73. The molecule has 2 rings (SSSR count). The normalized spacial score (nSPS) is 22.6. The Morgan fingerprint density at radius 1 is 1.41 bits per heavy atom. The van der Waals surface area contributed by atoms with E-state index in [1.807, 2.05) is 19.1 Å². The molecule has 1 aliphatic rings. The smallest absolute Gasteiger partial charge is 0.251 e. The van der Waals surface area contributed by atoms with Crippen LogP contribution in [0.1, 0.15) is 15.9 Å². The number of benzene rings is 1. The molecule has 1 aromatic rings. The first-order valence-electron chi connectivity index (χ1n) is 5.50. The second-order valence-corrected chi connectivity index (χ2v) is 4.17. The van der Waals surface area contributed by atoms with Crippen LogP contribution in [0.3, 0.4) is 0 Å². The van der Waals surface area contributed by atoms with Gasteiger partial charge in [0.25, 0.3) is 5.91 Å². The molecule has 0 radical (unpaired) electrons. The van der Waals surface area contributed by atoms with E-state index in [1.54, 1.807) is 12.1 Å². The Labute approximate surface area is 99.4 Å². The van der Waals surface area contributed by atoms with Crippen molar-refractivity contribution in [1.29, 1.82) is 0 Å². The molecule has 1 heterocycles. The Balaban J connectivity index is 2.02. The third-order valence-electron chi connectivity index (χ3n) is 2.87. The Bertz CT molecular complexity index is 442. The van der Waals surface area contributed by atoms with E-state index < -0.39 is 6.04 Å². The van der Waals surface area contributed by atoms with Gasteiger partial charge in [-0.3, -0.25) is 9.59 Å². The van der Waals surface area contributed by atoms with Crippen LogP contribution in [0, 0.1) is 6.92 Å². The number of carbonyl (C=O) groups excluding carboxylic acids is 2. The first-order valence-corrected chi connectivity index (χ1v) is 5.50. The number of carbonyl (C=O) groups is 2. The summed E-state index contributed by atoms with van der Waals surface area (Å²) in [5.74, 6) is -0.427. The predicted octanol–water partition coefficient (Wildman–Crippen LogP) is -0.449. The van der Waals surface area contributed by atoms with Crippen LogP contribution in [0.15, 0.2) is 24.3 Å². The van der Waals surface area contributed by atoms with Crippen LogP contribution in [-0.2, 0) is 4.79 Å². The number of β-lactam (4-membered cyclic amide) rings is 1. The van der Waals surface area contributed by atoms with Crippen LogP contribution in [0.4, 0.5) is 0 Å². The van der Waals surface area contributed by atoms with Gasteiger partial charge in [0.1, 0.15) is 6.04 Å². The van der Waals surface area contributed by atoms with Crippen molar-refractivity contribution in [1.82, 2.24) is 10.6 Å². The molecule has 1 aliphatic heterocycles. The Morgan fingerprint density at radius 2 is 2.06 bits per heavy atom.